The number of halogens is 1. The molecule has 5 nitrogen and oxygen atoms in total. The first-order valence-corrected chi connectivity index (χ1v) is 8.88. The zero-order valence-electron chi connectivity index (χ0n) is 14.4. The molecule has 2 N–H and O–H groups in total. The van der Waals surface area contributed by atoms with Gasteiger partial charge >= 0.3 is 0 Å². The van der Waals surface area contributed by atoms with Crippen LogP contribution in [0.25, 0.3) is 10.2 Å². The number of nitrogens with two attached hydrogens (primary N) is 1. The molecule has 0 saturated carbocycles. The summed E-state index contributed by atoms with van der Waals surface area (Å²) in [7, 11) is 1.91. The van der Waals surface area contributed by atoms with Crippen molar-refractivity contribution in [3.8, 4) is 0 Å². The van der Waals surface area contributed by atoms with E-state index in [0.29, 0.717) is 19.6 Å². The van der Waals surface area contributed by atoms with Crippen LogP contribution in [0.2, 0.25) is 0 Å². The number of thiophene rings is 1. The molecule has 134 valence electrons. The van der Waals surface area contributed by atoms with E-state index in [2.05, 4.69) is 17.2 Å². The summed E-state index contributed by atoms with van der Waals surface area (Å²) in [6.45, 7) is 3.67. The third kappa shape index (κ3) is 4.21. The van der Waals surface area contributed by atoms with Gasteiger partial charge in [-0.2, -0.15) is 5.10 Å². The van der Waals surface area contributed by atoms with Gasteiger partial charge in [0.1, 0.15) is 4.83 Å². The van der Waals surface area contributed by atoms with Crippen molar-refractivity contribution in [1.82, 2.24) is 14.7 Å². The molecule has 0 saturated heterocycles. The van der Waals surface area contributed by atoms with Crippen molar-refractivity contribution < 1.29 is 4.79 Å². The minimum Gasteiger partial charge on any atom is -0.336 e. The largest absolute Gasteiger partial charge is 0.336 e. The van der Waals surface area contributed by atoms with Gasteiger partial charge in [0.25, 0.3) is 5.91 Å². The molecule has 1 aromatic carbocycles. The maximum Gasteiger partial charge on any atom is 0.264 e. The molecule has 0 aliphatic heterocycles. The number of fused-ring (bicyclic) bond motifs is 1. The molecule has 2 aromatic heterocycles. The van der Waals surface area contributed by atoms with Gasteiger partial charge in [-0.05, 0) is 25.0 Å². The summed E-state index contributed by atoms with van der Waals surface area (Å²) in [6, 6.07) is 12.2. The summed E-state index contributed by atoms with van der Waals surface area (Å²) in [5, 5.41) is 5.45. The molecule has 3 aromatic rings. The molecule has 3 rings (SSSR count). The molecular formula is C18H23ClN4OS. The number of rotatable bonds is 6. The average Bonchev–Trinajstić information content (AvgIpc) is 3.14. The van der Waals surface area contributed by atoms with Crippen molar-refractivity contribution in [2.24, 2.45) is 12.8 Å². The topological polar surface area (TPSA) is 64.2 Å². The highest BCUT2D eigenvalue weighted by Crippen LogP contribution is 2.28. The predicted octanol–water partition coefficient (Wildman–Crippen LogP) is 3.01. The number of nitrogens with zero attached hydrogens (tertiary/aromatic N) is 3. The van der Waals surface area contributed by atoms with Gasteiger partial charge in [-0.1, -0.05) is 30.3 Å². The number of hydrogen-bond donors (Lipinski definition) is 1. The quantitative estimate of drug-likeness (QED) is 0.717. The van der Waals surface area contributed by atoms with Crippen LogP contribution in [0.5, 0.6) is 0 Å². The Bertz CT molecular complexity index is 809. The molecular weight excluding hydrogens is 356 g/mol. The van der Waals surface area contributed by atoms with E-state index >= 15 is 0 Å². The monoisotopic (exact) mass is 378 g/mol. The Morgan fingerprint density at radius 2 is 2.00 bits per heavy atom. The number of carbonyl (C=O) groups is 1. The van der Waals surface area contributed by atoms with Gasteiger partial charge in [0, 0.05) is 32.1 Å². The van der Waals surface area contributed by atoms with Gasteiger partial charge in [-0.3, -0.25) is 9.48 Å². The molecule has 25 heavy (non-hydrogen) atoms. The molecule has 0 radical (unpaired) electrons. The van der Waals surface area contributed by atoms with Gasteiger partial charge in [0.2, 0.25) is 0 Å². The summed E-state index contributed by atoms with van der Waals surface area (Å²) in [6.07, 6.45) is 0.831. The minimum absolute atomic E-state index is 0. The number of aromatic nitrogens is 2. The van der Waals surface area contributed by atoms with Crippen LogP contribution in [0.4, 0.5) is 0 Å². The molecule has 0 bridgehead atoms. The fraction of sp³-hybridized carbons (Fsp3) is 0.333. The maximum absolute atomic E-state index is 12.9. The van der Waals surface area contributed by atoms with Crippen LogP contribution < -0.4 is 5.73 Å². The van der Waals surface area contributed by atoms with E-state index in [-0.39, 0.29) is 18.3 Å². The van der Waals surface area contributed by atoms with Crippen LogP contribution >= 0.6 is 23.7 Å². The molecule has 1 amide bonds. The summed E-state index contributed by atoms with van der Waals surface area (Å²) in [5.74, 6) is 0.0528. The second kappa shape index (κ2) is 8.47. The van der Waals surface area contributed by atoms with E-state index in [1.807, 2.05) is 47.8 Å². The average molecular weight is 379 g/mol. The normalized spacial score (nSPS) is 10.7. The van der Waals surface area contributed by atoms with Crippen LogP contribution in [0.1, 0.15) is 20.9 Å². The summed E-state index contributed by atoms with van der Waals surface area (Å²) in [4.78, 5) is 16.5. The summed E-state index contributed by atoms with van der Waals surface area (Å²) in [5.41, 5.74) is 7.89. The van der Waals surface area contributed by atoms with Crippen molar-refractivity contribution in [2.45, 2.75) is 13.3 Å². The minimum atomic E-state index is 0. The standard InChI is InChI=1S/C18H22N4OS.ClH/c1-13-15-12-16(24-18(15)21(2)20-13)17(23)22(11-9-19)10-8-14-6-4-3-5-7-14;/h3-7,12H,8-11,19H2,1-2H3;1H. The third-order valence-electron chi connectivity index (χ3n) is 4.11. The van der Waals surface area contributed by atoms with E-state index < -0.39 is 0 Å². The Kier molecular flexibility index (Phi) is 6.58. The van der Waals surface area contributed by atoms with Crippen LogP contribution in [0.15, 0.2) is 36.4 Å². The fourth-order valence-electron chi connectivity index (χ4n) is 2.85. The molecule has 0 unspecified atom stereocenters. The van der Waals surface area contributed by atoms with Crippen LogP contribution in [-0.4, -0.2) is 40.2 Å². The van der Waals surface area contributed by atoms with Gasteiger partial charge in [-0.25, -0.2) is 0 Å². The Labute approximate surface area is 157 Å². The molecule has 0 atom stereocenters. The van der Waals surface area contributed by atoms with Crippen molar-refractivity contribution in [2.75, 3.05) is 19.6 Å². The lowest BCUT2D eigenvalue weighted by Crippen LogP contribution is -2.36. The molecule has 7 heteroatoms. The maximum atomic E-state index is 12.9. The highest BCUT2D eigenvalue weighted by molar-refractivity contribution is 7.20. The molecule has 2 heterocycles. The lowest BCUT2D eigenvalue weighted by atomic mass is 10.1. The van der Waals surface area contributed by atoms with E-state index in [4.69, 9.17) is 5.73 Å². The Morgan fingerprint density at radius 3 is 2.64 bits per heavy atom. The number of aryl methyl sites for hydroxylation is 2. The summed E-state index contributed by atoms with van der Waals surface area (Å²) >= 11 is 1.50. The third-order valence-corrected chi connectivity index (χ3v) is 5.30. The smallest absolute Gasteiger partial charge is 0.264 e. The lowest BCUT2D eigenvalue weighted by Gasteiger charge is -2.21. The Balaban J connectivity index is 0.00000225. The molecule has 0 aliphatic rings. The van der Waals surface area contributed by atoms with Crippen LogP contribution in [-0.2, 0) is 13.5 Å². The Morgan fingerprint density at radius 1 is 1.28 bits per heavy atom. The van der Waals surface area contributed by atoms with Crippen LogP contribution in [0.3, 0.4) is 0 Å². The zero-order chi connectivity index (χ0) is 17.1. The van der Waals surface area contributed by atoms with Crippen molar-refractivity contribution in [3.63, 3.8) is 0 Å². The second-order valence-electron chi connectivity index (χ2n) is 5.85. The van der Waals surface area contributed by atoms with Crippen LogP contribution in [0, 0.1) is 6.92 Å². The Hall–Kier alpha value is -1.89. The molecule has 0 aliphatic carbocycles. The number of benzene rings is 1. The van der Waals surface area contributed by atoms with Crippen molar-refractivity contribution in [1.29, 1.82) is 0 Å². The van der Waals surface area contributed by atoms with E-state index in [1.54, 1.807) is 0 Å². The van der Waals surface area contributed by atoms with Gasteiger partial charge in [-0.15, -0.1) is 23.7 Å². The fourth-order valence-corrected chi connectivity index (χ4v) is 3.94. The number of amides is 1. The van der Waals surface area contributed by atoms with Gasteiger partial charge < -0.3 is 10.6 Å². The highest BCUT2D eigenvalue weighted by Gasteiger charge is 2.20. The first-order valence-electron chi connectivity index (χ1n) is 8.06. The molecule has 0 fully saturated rings. The van der Waals surface area contributed by atoms with E-state index in [9.17, 15) is 4.79 Å². The predicted molar refractivity (Wildman–Crippen MR) is 106 cm³/mol. The number of carbonyl (C=O) groups excluding carboxylic acids is 1. The zero-order valence-corrected chi connectivity index (χ0v) is 16.1. The van der Waals surface area contributed by atoms with E-state index in [1.165, 1.54) is 16.9 Å². The first kappa shape index (κ1) is 19.4. The SMILES string of the molecule is Cc1nn(C)c2sc(C(=O)N(CCN)CCc3ccccc3)cc12.Cl. The summed E-state index contributed by atoms with van der Waals surface area (Å²) < 4.78 is 1.84. The lowest BCUT2D eigenvalue weighted by molar-refractivity contribution is 0.0767. The molecule has 0 spiro atoms. The first-order chi connectivity index (χ1) is 11.6. The van der Waals surface area contributed by atoms with Gasteiger partial charge in [0.15, 0.2) is 0 Å². The van der Waals surface area contributed by atoms with Crippen molar-refractivity contribution >= 4 is 39.9 Å². The second-order valence-corrected chi connectivity index (χ2v) is 6.89. The van der Waals surface area contributed by atoms with Gasteiger partial charge in [0.05, 0.1) is 10.6 Å². The highest BCUT2D eigenvalue weighted by atomic mass is 35.5. The van der Waals surface area contributed by atoms with E-state index in [0.717, 1.165) is 27.2 Å². The van der Waals surface area contributed by atoms with Crippen molar-refractivity contribution in [3.05, 3.63) is 52.5 Å². The number of hydrogen-bond acceptors (Lipinski definition) is 4.